The largest absolute Gasteiger partial charge is 0.325 e. The Morgan fingerprint density at radius 2 is 1.71 bits per heavy atom. The highest BCUT2D eigenvalue weighted by Gasteiger charge is 2.30. The first-order valence-corrected chi connectivity index (χ1v) is 9.80. The average Bonchev–Trinajstić information content (AvgIpc) is 3.11. The fraction of sp³-hybridized carbons (Fsp3) is 0.529. The lowest BCUT2D eigenvalue weighted by atomic mass is 9.96. The molecular weight excluding hydrogens is 441 g/mol. The van der Waals surface area contributed by atoms with Crippen LogP contribution in [0.1, 0.15) is 25.7 Å². The molecule has 0 aromatic heterocycles. The molecule has 0 bridgehead atoms. The Labute approximate surface area is 160 Å². The molecule has 3 rings (SSSR count). The number of likely N-dealkylation sites (tertiary alicyclic amines) is 2. The molecule has 2 fully saturated rings. The maximum Gasteiger partial charge on any atom is 0.319 e. The van der Waals surface area contributed by atoms with Crippen LogP contribution in [-0.4, -0.2) is 47.9 Å². The number of nitrogens with zero attached hydrogens (tertiary/aromatic N) is 2. The predicted molar refractivity (Wildman–Crippen MR) is 103 cm³/mol. The lowest BCUT2D eigenvalue weighted by Gasteiger charge is -2.34. The SMILES string of the molecule is O=C(Nc1ccc(I)cc1Cl)C1CCN(C(=O)N2CCCC2)CC1. The fourth-order valence-corrected chi connectivity index (χ4v) is 4.17. The number of benzene rings is 1. The van der Waals surface area contributed by atoms with E-state index in [9.17, 15) is 9.59 Å². The summed E-state index contributed by atoms with van der Waals surface area (Å²) in [4.78, 5) is 28.6. The standard InChI is InChI=1S/C17H21ClIN3O2/c18-14-11-13(19)3-4-15(14)20-16(23)12-5-9-22(10-6-12)17(24)21-7-1-2-8-21/h3-4,11-12H,1-2,5-10H2,(H,20,23). The van der Waals surface area contributed by atoms with E-state index >= 15 is 0 Å². The molecule has 2 aliphatic heterocycles. The first-order chi connectivity index (χ1) is 11.5. The van der Waals surface area contributed by atoms with Gasteiger partial charge in [0.2, 0.25) is 5.91 Å². The van der Waals surface area contributed by atoms with Crippen molar-refractivity contribution in [2.75, 3.05) is 31.5 Å². The summed E-state index contributed by atoms with van der Waals surface area (Å²) in [6, 6.07) is 5.70. The average molecular weight is 462 g/mol. The number of nitrogens with one attached hydrogen (secondary N) is 1. The van der Waals surface area contributed by atoms with Gasteiger partial charge >= 0.3 is 6.03 Å². The summed E-state index contributed by atoms with van der Waals surface area (Å²) in [7, 11) is 0. The highest BCUT2D eigenvalue weighted by Crippen LogP contribution is 2.26. The number of carbonyl (C=O) groups is 2. The van der Waals surface area contributed by atoms with Gasteiger partial charge < -0.3 is 15.1 Å². The van der Waals surface area contributed by atoms with Gasteiger partial charge in [-0.3, -0.25) is 4.79 Å². The number of amides is 3. The molecule has 24 heavy (non-hydrogen) atoms. The maximum atomic E-state index is 12.5. The quantitative estimate of drug-likeness (QED) is 0.681. The van der Waals surface area contributed by atoms with Crippen LogP contribution >= 0.6 is 34.2 Å². The number of halogens is 2. The number of urea groups is 1. The van der Waals surface area contributed by atoms with Crippen molar-refractivity contribution < 1.29 is 9.59 Å². The molecule has 3 amide bonds. The van der Waals surface area contributed by atoms with E-state index in [1.807, 2.05) is 28.0 Å². The minimum absolute atomic E-state index is 0.00798. The second-order valence-corrected chi connectivity index (χ2v) is 8.00. The molecule has 1 aromatic rings. The second kappa shape index (κ2) is 7.91. The fourth-order valence-electron chi connectivity index (χ4n) is 3.27. The Morgan fingerprint density at radius 3 is 2.33 bits per heavy atom. The summed E-state index contributed by atoms with van der Waals surface area (Å²) in [6.45, 7) is 3.02. The van der Waals surface area contributed by atoms with Crippen molar-refractivity contribution in [2.45, 2.75) is 25.7 Å². The van der Waals surface area contributed by atoms with E-state index in [0.717, 1.165) is 29.5 Å². The van der Waals surface area contributed by atoms with Crippen molar-refractivity contribution >= 4 is 51.8 Å². The highest BCUT2D eigenvalue weighted by molar-refractivity contribution is 14.1. The molecule has 0 atom stereocenters. The van der Waals surface area contributed by atoms with Crippen LogP contribution in [0.2, 0.25) is 5.02 Å². The monoisotopic (exact) mass is 461 g/mol. The van der Waals surface area contributed by atoms with Gasteiger partial charge in [0.1, 0.15) is 0 Å². The van der Waals surface area contributed by atoms with Crippen LogP contribution < -0.4 is 5.32 Å². The highest BCUT2D eigenvalue weighted by atomic mass is 127. The molecule has 2 heterocycles. The van der Waals surface area contributed by atoms with Gasteiger partial charge in [0.15, 0.2) is 0 Å². The Morgan fingerprint density at radius 1 is 1.08 bits per heavy atom. The Bertz CT molecular complexity index is 626. The number of hydrogen-bond donors (Lipinski definition) is 1. The smallest absolute Gasteiger partial charge is 0.319 e. The summed E-state index contributed by atoms with van der Waals surface area (Å²) >= 11 is 8.36. The third-order valence-electron chi connectivity index (χ3n) is 4.70. The van der Waals surface area contributed by atoms with Crippen LogP contribution in [0.15, 0.2) is 18.2 Å². The van der Waals surface area contributed by atoms with Crippen molar-refractivity contribution in [3.63, 3.8) is 0 Å². The van der Waals surface area contributed by atoms with Crippen LogP contribution in [-0.2, 0) is 4.79 Å². The molecule has 1 N–H and O–H groups in total. The van der Waals surface area contributed by atoms with E-state index in [2.05, 4.69) is 27.9 Å². The van der Waals surface area contributed by atoms with Gasteiger partial charge in [-0.2, -0.15) is 0 Å². The lowest BCUT2D eigenvalue weighted by Crippen LogP contribution is -2.47. The van der Waals surface area contributed by atoms with Crippen molar-refractivity contribution in [3.8, 4) is 0 Å². The van der Waals surface area contributed by atoms with Crippen LogP contribution in [0.5, 0.6) is 0 Å². The molecule has 0 unspecified atom stereocenters. The van der Waals surface area contributed by atoms with E-state index in [0.29, 0.717) is 36.6 Å². The van der Waals surface area contributed by atoms with Gasteiger partial charge in [-0.05, 0) is 66.5 Å². The summed E-state index contributed by atoms with van der Waals surface area (Å²) < 4.78 is 1.03. The molecular formula is C17H21ClIN3O2. The number of rotatable bonds is 2. The summed E-state index contributed by atoms with van der Waals surface area (Å²) in [6.07, 6.45) is 3.60. The molecule has 0 spiro atoms. The van der Waals surface area contributed by atoms with Crippen LogP contribution in [0.3, 0.4) is 0 Å². The molecule has 7 heteroatoms. The molecule has 5 nitrogen and oxygen atoms in total. The van der Waals surface area contributed by atoms with Gasteiger partial charge in [0.25, 0.3) is 0 Å². The van der Waals surface area contributed by atoms with Crippen LogP contribution in [0.25, 0.3) is 0 Å². The van der Waals surface area contributed by atoms with Crippen LogP contribution in [0, 0.1) is 9.49 Å². The van der Waals surface area contributed by atoms with E-state index in [4.69, 9.17) is 11.6 Å². The lowest BCUT2D eigenvalue weighted by molar-refractivity contribution is -0.121. The Hall–Kier alpha value is -1.02. The summed E-state index contributed by atoms with van der Waals surface area (Å²) in [5.74, 6) is -0.0747. The number of piperidine rings is 1. The minimum Gasteiger partial charge on any atom is -0.325 e. The van der Waals surface area contributed by atoms with Gasteiger partial charge in [-0.15, -0.1) is 0 Å². The normalized spacial score (nSPS) is 18.8. The topological polar surface area (TPSA) is 52.7 Å². The zero-order valence-electron chi connectivity index (χ0n) is 13.4. The number of hydrogen-bond acceptors (Lipinski definition) is 2. The molecule has 2 aliphatic rings. The third kappa shape index (κ3) is 4.14. The van der Waals surface area contributed by atoms with Gasteiger partial charge in [0.05, 0.1) is 10.7 Å². The first kappa shape index (κ1) is 17.8. The molecule has 0 radical (unpaired) electrons. The van der Waals surface area contributed by atoms with Gasteiger partial charge in [-0.1, -0.05) is 11.6 Å². The van der Waals surface area contributed by atoms with Crippen molar-refractivity contribution in [1.29, 1.82) is 0 Å². The van der Waals surface area contributed by atoms with Gasteiger partial charge in [-0.25, -0.2) is 4.79 Å². The predicted octanol–water partition coefficient (Wildman–Crippen LogP) is 3.81. The second-order valence-electron chi connectivity index (χ2n) is 6.35. The Kier molecular flexibility index (Phi) is 5.86. The summed E-state index contributed by atoms with van der Waals surface area (Å²) in [5.41, 5.74) is 0.651. The molecule has 1 aromatic carbocycles. The van der Waals surface area contributed by atoms with E-state index in [-0.39, 0.29) is 17.9 Å². The summed E-state index contributed by atoms with van der Waals surface area (Å²) in [5, 5.41) is 3.47. The zero-order valence-corrected chi connectivity index (χ0v) is 16.3. The van der Waals surface area contributed by atoms with E-state index in [1.54, 1.807) is 0 Å². The van der Waals surface area contributed by atoms with Crippen molar-refractivity contribution in [2.24, 2.45) is 5.92 Å². The van der Waals surface area contributed by atoms with E-state index in [1.165, 1.54) is 0 Å². The van der Waals surface area contributed by atoms with E-state index < -0.39 is 0 Å². The van der Waals surface area contributed by atoms with Crippen molar-refractivity contribution in [1.82, 2.24) is 9.80 Å². The maximum absolute atomic E-state index is 12.5. The van der Waals surface area contributed by atoms with Crippen LogP contribution in [0.4, 0.5) is 10.5 Å². The molecule has 0 saturated carbocycles. The molecule has 130 valence electrons. The number of anilines is 1. The molecule has 2 saturated heterocycles. The number of carbonyl (C=O) groups excluding carboxylic acids is 2. The Balaban J connectivity index is 1.52. The van der Waals surface area contributed by atoms with Gasteiger partial charge in [0, 0.05) is 35.7 Å². The molecule has 0 aliphatic carbocycles. The zero-order chi connectivity index (χ0) is 17.1. The first-order valence-electron chi connectivity index (χ1n) is 8.34. The minimum atomic E-state index is -0.0667. The third-order valence-corrected chi connectivity index (χ3v) is 5.69. The van der Waals surface area contributed by atoms with Crippen molar-refractivity contribution in [3.05, 3.63) is 26.8 Å².